The summed E-state index contributed by atoms with van der Waals surface area (Å²) in [5.74, 6) is -0.793. The SMILES string of the molecule is CC(C)NC(Cc1c[nH]c2c1C=CCC2)C(=O)O. The number of fused-ring (bicyclic) bond motifs is 1. The van der Waals surface area contributed by atoms with Gasteiger partial charge in [0.25, 0.3) is 0 Å². The smallest absolute Gasteiger partial charge is 0.321 e. The Morgan fingerprint density at radius 1 is 1.56 bits per heavy atom. The van der Waals surface area contributed by atoms with Crippen LogP contribution in [0.2, 0.25) is 0 Å². The van der Waals surface area contributed by atoms with Gasteiger partial charge >= 0.3 is 5.97 Å². The van der Waals surface area contributed by atoms with Crippen LogP contribution in [0.15, 0.2) is 12.3 Å². The zero-order chi connectivity index (χ0) is 13.1. The zero-order valence-electron chi connectivity index (χ0n) is 10.9. The lowest BCUT2D eigenvalue weighted by Gasteiger charge is -2.17. The van der Waals surface area contributed by atoms with Crippen LogP contribution >= 0.6 is 0 Å². The third-order valence-corrected chi connectivity index (χ3v) is 3.19. The number of H-pyrrole nitrogens is 1. The van der Waals surface area contributed by atoms with Gasteiger partial charge in [-0.1, -0.05) is 26.0 Å². The van der Waals surface area contributed by atoms with Crippen molar-refractivity contribution >= 4 is 12.0 Å². The maximum absolute atomic E-state index is 11.2. The summed E-state index contributed by atoms with van der Waals surface area (Å²) in [6.07, 6.45) is 8.77. The molecule has 0 saturated heterocycles. The molecule has 98 valence electrons. The fourth-order valence-corrected chi connectivity index (χ4v) is 2.38. The van der Waals surface area contributed by atoms with E-state index in [0.29, 0.717) is 6.42 Å². The van der Waals surface area contributed by atoms with E-state index in [1.165, 1.54) is 11.3 Å². The first-order valence-electron chi connectivity index (χ1n) is 6.42. The van der Waals surface area contributed by atoms with E-state index in [4.69, 9.17) is 0 Å². The molecule has 3 N–H and O–H groups in total. The molecular weight excluding hydrogens is 228 g/mol. The van der Waals surface area contributed by atoms with Gasteiger partial charge in [-0.25, -0.2) is 0 Å². The van der Waals surface area contributed by atoms with E-state index in [1.807, 2.05) is 20.0 Å². The molecule has 4 nitrogen and oxygen atoms in total. The minimum atomic E-state index is -0.793. The molecule has 1 aliphatic rings. The van der Waals surface area contributed by atoms with Crippen molar-refractivity contribution in [1.82, 2.24) is 10.3 Å². The second kappa shape index (κ2) is 5.40. The van der Waals surface area contributed by atoms with Gasteiger partial charge < -0.3 is 15.4 Å². The van der Waals surface area contributed by atoms with Crippen molar-refractivity contribution in [2.24, 2.45) is 0 Å². The van der Waals surface area contributed by atoms with Crippen LogP contribution in [-0.2, 0) is 17.6 Å². The van der Waals surface area contributed by atoms with Crippen molar-refractivity contribution in [2.75, 3.05) is 0 Å². The second-order valence-corrected chi connectivity index (χ2v) is 5.06. The van der Waals surface area contributed by atoms with Gasteiger partial charge in [0.05, 0.1) is 0 Å². The van der Waals surface area contributed by atoms with Crippen LogP contribution in [0, 0.1) is 0 Å². The number of hydrogen-bond acceptors (Lipinski definition) is 2. The lowest BCUT2D eigenvalue weighted by Crippen LogP contribution is -2.42. The van der Waals surface area contributed by atoms with E-state index in [-0.39, 0.29) is 6.04 Å². The molecule has 0 bridgehead atoms. The number of carbonyl (C=O) groups is 1. The summed E-state index contributed by atoms with van der Waals surface area (Å²) in [4.78, 5) is 14.5. The molecule has 0 saturated carbocycles. The first kappa shape index (κ1) is 12.9. The fraction of sp³-hybridized carbons (Fsp3) is 0.500. The molecule has 1 aliphatic carbocycles. The van der Waals surface area contributed by atoms with Gasteiger partial charge in [-0.15, -0.1) is 0 Å². The number of aryl methyl sites for hydroxylation is 1. The number of aromatic nitrogens is 1. The van der Waals surface area contributed by atoms with Crippen molar-refractivity contribution in [3.05, 3.63) is 29.1 Å². The van der Waals surface area contributed by atoms with Gasteiger partial charge in [0.1, 0.15) is 6.04 Å². The number of hydrogen-bond donors (Lipinski definition) is 3. The van der Waals surface area contributed by atoms with Crippen molar-refractivity contribution in [2.45, 2.75) is 45.2 Å². The quantitative estimate of drug-likeness (QED) is 0.746. The summed E-state index contributed by atoms with van der Waals surface area (Å²) in [6, 6.07) is -0.364. The summed E-state index contributed by atoms with van der Waals surface area (Å²) in [5.41, 5.74) is 3.49. The van der Waals surface area contributed by atoms with Crippen LogP contribution < -0.4 is 5.32 Å². The molecule has 0 fully saturated rings. The van der Waals surface area contributed by atoms with Crippen molar-refractivity contribution in [3.8, 4) is 0 Å². The topological polar surface area (TPSA) is 65.1 Å². The van der Waals surface area contributed by atoms with Crippen LogP contribution in [0.25, 0.3) is 6.08 Å². The zero-order valence-corrected chi connectivity index (χ0v) is 10.9. The van der Waals surface area contributed by atoms with Crippen molar-refractivity contribution in [1.29, 1.82) is 0 Å². The highest BCUT2D eigenvalue weighted by atomic mass is 16.4. The Kier molecular flexibility index (Phi) is 3.87. The number of aromatic amines is 1. The third kappa shape index (κ3) is 2.82. The number of rotatable bonds is 5. The fourth-order valence-electron chi connectivity index (χ4n) is 2.38. The number of allylic oxidation sites excluding steroid dienone is 1. The number of nitrogens with one attached hydrogen (secondary N) is 2. The Labute approximate surface area is 107 Å². The molecule has 1 heterocycles. The highest BCUT2D eigenvalue weighted by Gasteiger charge is 2.21. The summed E-state index contributed by atoms with van der Waals surface area (Å²) in [5, 5.41) is 12.3. The average molecular weight is 248 g/mol. The van der Waals surface area contributed by atoms with Crippen LogP contribution in [0.1, 0.15) is 37.1 Å². The minimum absolute atomic E-state index is 0.163. The van der Waals surface area contributed by atoms with Gasteiger partial charge in [0.2, 0.25) is 0 Å². The highest BCUT2D eigenvalue weighted by molar-refractivity contribution is 5.74. The predicted molar refractivity (Wildman–Crippen MR) is 71.5 cm³/mol. The Morgan fingerprint density at radius 2 is 2.33 bits per heavy atom. The normalized spacial score (nSPS) is 15.7. The Balaban J connectivity index is 2.15. The molecule has 0 radical (unpaired) electrons. The molecule has 1 unspecified atom stereocenters. The molecule has 1 aromatic rings. The lowest BCUT2D eigenvalue weighted by atomic mass is 9.98. The largest absolute Gasteiger partial charge is 0.480 e. The van der Waals surface area contributed by atoms with Crippen LogP contribution in [0.5, 0.6) is 0 Å². The number of carboxylic acids is 1. The molecule has 0 aromatic carbocycles. The molecule has 0 amide bonds. The van der Waals surface area contributed by atoms with E-state index in [2.05, 4.69) is 22.5 Å². The predicted octanol–water partition coefficient (Wildman–Crippen LogP) is 1.97. The number of aliphatic carboxylic acids is 1. The van der Waals surface area contributed by atoms with Crippen molar-refractivity contribution in [3.63, 3.8) is 0 Å². The third-order valence-electron chi connectivity index (χ3n) is 3.19. The lowest BCUT2D eigenvalue weighted by molar-refractivity contribution is -0.139. The van der Waals surface area contributed by atoms with Crippen LogP contribution in [0.3, 0.4) is 0 Å². The summed E-state index contributed by atoms with van der Waals surface area (Å²) in [7, 11) is 0. The maximum Gasteiger partial charge on any atom is 0.321 e. The van der Waals surface area contributed by atoms with E-state index in [1.54, 1.807) is 0 Å². The van der Waals surface area contributed by atoms with Crippen molar-refractivity contribution < 1.29 is 9.90 Å². The molecule has 0 aliphatic heterocycles. The Morgan fingerprint density at radius 3 is 3.00 bits per heavy atom. The van der Waals surface area contributed by atoms with Crippen LogP contribution in [-0.4, -0.2) is 28.1 Å². The average Bonchev–Trinajstić information content (AvgIpc) is 2.71. The molecule has 1 aromatic heterocycles. The highest BCUT2D eigenvalue weighted by Crippen LogP contribution is 2.23. The van der Waals surface area contributed by atoms with Gasteiger partial charge in [-0.3, -0.25) is 4.79 Å². The summed E-state index contributed by atoms with van der Waals surface area (Å²) in [6.45, 7) is 3.92. The number of carboxylic acid groups (broad SMARTS) is 1. The molecular formula is C14H20N2O2. The first-order valence-corrected chi connectivity index (χ1v) is 6.42. The Bertz CT molecular complexity index is 460. The van der Waals surface area contributed by atoms with E-state index in [9.17, 15) is 9.90 Å². The standard InChI is InChI=1S/C14H20N2O2/c1-9(2)16-13(14(17)18)7-10-8-15-12-6-4-3-5-11(10)12/h3,5,8-9,13,15-16H,4,6-7H2,1-2H3,(H,17,18). The molecule has 2 rings (SSSR count). The molecule has 18 heavy (non-hydrogen) atoms. The van der Waals surface area contributed by atoms with Gasteiger partial charge in [0, 0.05) is 24.4 Å². The Hall–Kier alpha value is -1.55. The molecule has 4 heteroatoms. The van der Waals surface area contributed by atoms with E-state index < -0.39 is 12.0 Å². The monoisotopic (exact) mass is 248 g/mol. The van der Waals surface area contributed by atoms with Gasteiger partial charge in [-0.2, -0.15) is 0 Å². The van der Waals surface area contributed by atoms with E-state index in [0.717, 1.165) is 18.4 Å². The van der Waals surface area contributed by atoms with Gasteiger partial charge in [-0.05, 0) is 24.0 Å². The molecule has 1 atom stereocenters. The summed E-state index contributed by atoms with van der Waals surface area (Å²) < 4.78 is 0. The van der Waals surface area contributed by atoms with E-state index >= 15 is 0 Å². The second-order valence-electron chi connectivity index (χ2n) is 5.06. The van der Waals surface area contributed by atoms with Gasteiger partial charge in [0.15, 0.2) is 0 Å². The van der Waals surface area contributed by atoms with Crippen LogP contribution in [0.4, 0.5) is 0 Å². The minimum Gasteiger partial charge on any atom is -0.480 e. The summed E-state index contributed by atoms with van der Waals surface area (Å²) >= 11 is 0. The molecule has 0 spiro atoms. The maximum atomic E-state index is 11.2. The first-order chi connectivity index (χ1) is 8.58.